The second kappa shape index (κ2) is 6.99. The number of methoxy groups -OCH3 is 1. The highest BCUT2D eigenvalue weighted by Gasteiger charge is 2.46. The van der Waals surface area contributed by atoms with E-state index in [1.54, 1.807) is 25.3 Å². The Kier molecular flexibility index (Phi) is 4.63. The summed E-state index contributed by atoms with van der Waals surface area (Å²) in [4.78, 5) is 15.0. The fraction of sp³-hybridized carbons (Fsp3) is 0.348. The molecule has 0 fully saturated rings. The smallest absolute Gasteiger partial charge is 0.248 e. The van der Waals surface area contributed by atoms with E-state index in [1.807, 2.05) is 12.1 Å². The highest BCUT2D eigenvalue weighted by Crippen LogP contribution is 2.49. The molecule has 0 amide bonds. The van der Waals surface area contributed by atoms with E-state index in [1.165, 1.54) is 11.1 Å². The predicted octanol–water partition coefficient (Wildman–Crippen LogP) is 3.54. The summed E-state index contributed by atoms with van der Waals surface area (Å²) in [6.07, 6.45) is 6.20. The lowest BCUT2D eigenvalue weighted by atomic mass is 9.63. The molecule has 2 aromatic rings. The van der Waals surface area contributed by atoms with Crippen molar-refractivity contribution in [3.63, 3.8) is 0 Å². The van der Waals surface area contributed by atoms with Gasteiger partial charge in [0, 0.05) is 24.2 Å². The van der Waals surface area contributed by atoms with E-state index in [0.29, 0.717) is 12.3 Å². The number of pyridine rings is 1. The van der Waals surface area contributed by atoms with Crippen molar-refractivity contribution >= 4 is 0 Å². The monoisotopic (exact) mass is 378 g/mol. The van der Waals surface area contributed by atoms with Crippen molar-refractivity contribution in [1.29, 1.82) is 0 Å². The molecule has 2 atom stereocenters. The Morgan fingerprint density at radius 2 is 2.18 bits per heavy atom. The number of aromatic nitrogens is 1. The molecule has 2 aliphatic rings. The average molecular weight is 378 g/mol. The topological polar surface area (TPSA) is 74.3 Å². The van der Waals surface area contributed by atoms with Crippen LogP contribution in [0.3, 0.4) is 0 Å². The summed E-state index contributed by atoms with van der Waals surface area (Å²) >= 11 is 0. The standard InChI is InChI=1S/C23H26N2O3/c1-4-17-16-9-14(2)12-23(17,18-6-8-22(27)25-19(18)11-16)24-13-15-5-7-21(28-3)20(26)10-15/h4-10,16,24,26H,11-13H2,1-3H3,(H,25,27)/t16-,23+/m1/s1. The summed E-state index contributed by atoms with van der Waals surface area (Å²) in [5.74, 6) is 0.880. The first-order valence-corrected chi connectivity index (χ1v) is 9.64. The molecule has 28 heavy (non-hydrogen) atoms. The largest absolute Gasteiger partial charge is 0.504 e. The number of fused-ring (bicyclic) bond motifs is 4. The second-order valence-electron chi connectivity index (χ2n) is 7.72. The molecule has 5 nitrogen and oxygen atoms in total. The van der Waals surface area contributed by atoms with E-state index in [-0.39, 0.29) is 22.8 Å². The first-order chi connectivity index (χ1) is 13.5. The number of H-pyrrole nitrogens is 1. The number of nitrogens with one attached hydrogen (secondary N) is 2. The van der Waals surface area contributed by atoms with Crippen molar-refractivity contribution < 1.29 is 9.84 Å². The Bertz CT molecular complexity index is 1030. The van der Waals surface area contributed by atoms with Crippen LogP contribution in [0.2, 0.25) is 0 Å². The Balaban J connectivity index is 1.76. The SMILES string of the molecule is CC=C1[C@@H]2C=C(C)C[C@@]1(NCc1ccc(OC)c(O)c1)c1ccc(=O)[nH]c1C2. The van der Waals surface area contributed by atoms with Crippen LogP contribution in [0.4, 0.5) is 0 Å². The number of aromatic hydroxyl groups is 1. The van der Waals surface area contributed by atoms with Crippen molar-refractivity contribution in [2.75, 3.05) is 7.11 Å². The number of ether oxygens (including phenoxy) is 1. The molecule has 1 aromatic carbocycles. The lowest BCUT2D eigenvalue weighted by Crippen LogP contribution is -2.51. The lowest BCUT2D eigenvalue weighted by molar-refractivity contribution is 0.320. The van der Waals surface area contributed by atoms with Gasteiger partial charge in [-0.25, -0.2) is 0 Å². The summed E-state index contributed by atoms with van der Waals surface area (Å²) in [6, 6.07) is 9.05. The van der Waals surface area contributed by atoms with Gasteiger partial charge >= 0.3 is 0 Å². The van der Waals surface area contributed by atoms with Gasteiger partial charge in [0.2, 0.25) is 5.56 Å². The predicted molar refractivity (Wildman–Crippen MR) is 110 cm³/mol. The zero-order valence-electron chi connectivity index (χ0n) is 16.5. The minimum atomic E-state index is -0.356. The van der Waals surface area contributed by atoms with Gasteiger partial charge < -0.3 is 14.8 Å². The Morgan fingerprint density at radius 1 is 1.36 bits per heavy atom. The zero-order chi connectivity index (χ0) is 19.9. The molecular formula is C23H26N2O3. The van der Waals surface area contributed by atoms with Gasteiger partial charge in [-0.2, -0.15) is 0 Å². The zero-order valence-corrected chi connectivity index (χ0v) is 16.5. The van der Waals surface area contributed by atoms with Crippen LogP contribution in [0.1, 0.15) is 37.1 Å². The quantitative estimate of drug-likeness (QED) is 0.712. The third kappa shape index (κ3) is 2.96. The van der Waals surface area contributed by atoms with Gasteiger partial charge in [0.05, 0.1) is 12.6 Å². The van der Waals surface area contributed by atoms with Crippen LogP contribution in [0.15, 0.2) is 58.4 Å². The lowest BCUT2D eigenvalue weighted by Gasteiger charge is -2.48. The molecule has 2 aliphatic carbocycles. The van der Waals surface area contributed by atoms with Gasteiger partial charge in [-0.1, -0.05) is 23.8 Å². The van der Waals surface area contributed by atoms with E-state index in [9.17, 15) is 9.90 Å². The molecule has 0 saturated carbocycles. The van der Waals surface area contributed by atoms with Crippen LogP contribution < -0.4 is 15.6 Å². The van der Waals surface area contributed by atoms with Gasteiger partial charge in [0.25, 0.3) is 0 Å². The van der Waals surface area contributed by atoms with Crippen LogP contribution >= 0.6 is 0 Å². The molecule has 0 saturated heterocycles. The van der Waals surface area contributed by atoms with Gasteiger partial charge in [0.1, 0.15) is 0 Å². The fourth-order valence-corrected chi connectivity index (χ4v) is 4.87. The van der Waals surface area contributed by atoms with Crippen LogP contribution in [0.5, 0.6) is 11.5 Å². The molecule has 1 heterocycles. The molecule has 0 spiro atoms. The van der Waals surface area contributed by atoms with Crippen molar-refractivity contribution in [3.8, 4) is 11.5 Å². The fourth-order valence-electron chi connectivity index (χ4n) is 4.87. The normalized spacial score (nSPS) is 24.6. The molecule has 0 unspecified atom stereocenters. The Hall–Kier alpha value is -2.79. The van der Waals surface area contributed by atoms with Crippen LogP contribution in [-0.4, -0.2) is 17.2 Å². The first-order valence-electron chi connectivity index (χ1n) is 9.64. The molecule has 2 bridgehead atoms. The summed E-state index contributed by atoms with van der Waals surface area (Å²) in [6.45, 7) is 4.85. The molecule has 0 radical (unpaired) electrons. The maximum Gasteiger partial charge on any atom is 0.248 e. The van der Waals surface area contributed by atoms with Gasteiger partial charge in [-0.3, -0.25) is 10.1 Å². The molecule has 1 aromatic heterocycles. The van der Waals surface area contributed by atoms with Gasteiger partial charge in [0.15, 0.2) is 11.5 Å². The second-order valence-corrected chi connectivity index (χ2v) is 7.72. The average Bonchev–Trinajstić information content (AvgIpc) is 2.65. The van der Waals surface area contributed by atoms with Crippen molar-refractivity contribution in [2.45, 2.75) is 38.8 Å². The third-order valence-electron chi connectivity index (χ3n) is 5.95. The minimum absolute atomic E-state index is 0.0586. The van der Waals surface area contributed by atoms with Crippen LogP contribution in [0, 0.1) is 5.92 Å². The summed E-state index contributed by atoms with van der Waals surface area (Å²) in [5, 5.41) is 13.9. The number of phenols is 1. The van der Waals surface area contributed by atoms with Gasteiger partial charge in [-0.05, 0) is 61.6 Å². The maximum atomic E-state index is 11.9. The number of phenolic OH excluding ortho intramolecular Hbond substituents is 1. The molecule has 146 valence electrons. The molecule has 5 heteroatoms. The van der Waals surface area contributed by atoms with Crippen molar-refractivity contribution in [3.05, 3.63) is 80.8 Å². The van der Waals surface area contributed by atoms with Crippen molar-refractivity contribution in [2.24, 2.45) is 5.92 Å². The molecule has 0 aliphatic heterocycles. The van der Waals surface area contributed by atoms with E-state index in [0.717, 1.165) is 29.7 Å². The molecule has 3 N–H and O–H groups in total. The number of hydrogen-bond donors (Lipinski definition) is 3. The molecular weight excluding hydrogens is 352 g/mol. The number of benzene rings is 1. The number of aromatic amines is 1. The van der Waals surface area contributed by atoms with E-state index < -0.39 is 0 Å². The highest BCUT2D eigenvalue weighted by atomic mass is 16.5. The molecule has 4 rings (SSSR count). The summed E-state index contributed by atoms with van der Waals surface area (Å²) in [7, 11) is 1.54. The Morgan fingerprint density at radius 3 is 2.89 bits per heavy atom. The highest BCUT2D eigenvalue weighted by molar-refractivity contribution is 5.50. The summed E-state index contributed by atoms with van der Waals surface area (Å²) in [5.41, 5.74) is 5.40. The number of rotatable bonds is 4. The van der Waals surface area contributed by atoms with E-state index >= 15 is 0 Å². The van der Waals surface area contributed by atoms with E-state index in [4.69, 9.17) is 4.74 Å². The first kappa shape index (κ1) is 18.6. The maximum absolute atomic E-state index is 11.9. The Labute approximate surface area is 164 Å². The van der Waals surface area contributed by atoms with Crippen LogP contribution in [-0.2, 0) is 18.5 Å². The minimum Gasteiger partial charge on any atom is -0.504 e. The number of hydrogen-bond acceptors (Lipinski definition) is 4. The van der Waals surface area contributed by atoms with Gasteiger partial charge in [-0.15, -0.1) is 0 Å². The number of allylic oxidation sites excluding steroid dienone is 2. The third-order valence-corrected chi connectivity index (χ3v) is 5.95. The van der Waals surface area contributed by atoms with Crippen LogP contribution in [0.25, 0.3) is 0 Å². The summed E-state index contributed by atoms with van der Waals surface area (Å²) < 4.78 is 5.14. The van der Waals surface area contributed by atoms with E-state index in [2.05, 4.69) is 36.3 Å². The van der Waals surface area contributed by atoms with Crippen molar-refractivity contribution in [1.82, 2.24) is 10.3 Å².